The number of rotatable bonds is 14. The molecule has 0 radical (unpaired) electrons. The predicted molar refractivity (Wildman–Crippen MR) is 141 cm³/mol. The lowest BCUT2D eigenvalue weighted by Crippen LogP contribution is -2.43. The summed E-state index contributed by atoms with van der Waals surface area (Å²) in [5.41, 5.74) is 1.23. The highest BCUT2D eigenvalue weighted by molar-refractivity contribution is 14.0. The number of aromatic nitrogens is 1. The molecule has 7 nitrogen and oxygen atoms in total. The van der Waals surface area contributed by atoms with Crippen molar-refractivity contribution in [3.8, 4) is 0 Å². The van der Waals surface area contributed by atoms with Gasteiger partial charge in [0, 0.05) is 38.7 Å². The number of guanidine groups is 1. The molecule has 0 saturated carbocycles. The summed E-state index contributed by atoms with van der Waals surface area (Å²) in [4.78, 5) is 11.5. The van der Waals surface area contributed by atoms with Gasteiger partial charge in [-0.05, 0) is 44.7 Å². The highest BCUT2D eigenvalue weighted by Crippen LogP contribution is 2.19. The normalized spacial score (nSPS) is 15.6. The van der Waals surface area contributed by atoms with E-state index in [4.69, 9.17) is 14.5 Å². The second-order valence-electron chi connectivity index (χ2n) is 7.76. The van der Waals surface area contributed by atoms with E-state index in [0.29, 0.717) is 25.7 Å². The molecule has 0 aliphatic carbocycles. The number of ether oxygens (including phenoxy) is 2. The summed E-state index contributed by atoms with van der Waals surface area (Å²) in [6.45, 7) is 12.1. The van der Waals surface area contributed by atoms with Gasteiger partial charge in [-0.3, -0.25) is 9.89 Å². The molecule has 180 valence electrons. The molecule has 1 aliphatic rings. The number of likely N-dealkylation sites (tertiary alicyclic amines) is 1. The Hall–Kier alpha value is -0.490. The lowest BCUT2D eigenvalue weighted by atomic mass is 9.97. The largest absolute Gasteiger partial charge is 0.379 e. The van der Waals surface area contributed by atoms with E-state index in [1.165, 1.54) is 30.0 Å². The molecule has 1 saturated heterocycles. The summed E-state index contributed by atoms with van der Waals surface area (Å²) in [5, 5.41) is 10.3. The molecule has 0 unspecified atom stereocenters. The lowest BCUT2D eigenvalue weighted by Gasteiger charge is -2.31. The van der Waals surface area contributed by atoms with Gasteiger partial charge in [0.25, 0.3) is 0 Å². The molecule has 0 spiro atoms. The third kappa shape index (κ3) is 12.4. The number of nitrogens with one attached hydrogen (secondary N) is 2. The summed E-state index contributed by atoms with van der Waals surface area (Å²) in [7, 11) is 1.82. The number of aliphatic imine (C=N–C) groups is 1. The van der Waals surface area contributed by atoms with E-state index in [1.807, 2.05) is 7.05 Å². The second kappa shape index (κ2) is 18.0. The van der Waals surface area contributed by atoms with Gasteiger partial charge in [0.2, 0.25) is 0 Å². The Labute approximate surface area is 209 Å². The predicted octanol–water partition coefficient (Wildman–Crippen LogP) is 3.53. The van der Waals surface area contributed by atoms with E-state index in [-0.39, 0.29) is 24.0 Å². The van der Waals surface area contributed by atoms with E-state index in [1.54, 1.807) is 11.3 Å². The quantitative estimate of drug-likeness (QED) is 0.155. The summed E-state index contributed by atoms with van der Waals surface area (Å²) in [5.74, 6) is 1.55. The standard InChI is InChI=1S/C22H41N5O2S.HI/c1-4-6-12-28-14-15-29-13-9-24-22(23-3)25-16-19-7-10-27(11-8-19)17-20-18-30-21(5-2)26-20;/h18-19H,4-17H2,1-3H3,(H2,23,24,25);1H. The van der Waals surface area contributed by atoms with Crippen molar-refractivity contribution < 1.29 is 9.47 Å². The van der Waals surface area contributed by atoms with Crippen LogP contribution < -0.4 is 10.6 Å². The number of hydrogen-bond donors (Lipinski definition) is 2. The fraction of sp³-hybridized carbons (Fsp3) is 0.818. The Balaban J connectivity index is 0.00000480. The summed E-state index contributed by atoms with van der Waals surface area (Å²) < 4.78 is 11.1. The van der Waals surface area contributed by atoms with E-state index in [2.05, 4.69) is 39.8 Å². The van der Waals surface area contributed by atoms with Crippen molar-refractivity contribution in [2.45, 2.75) is 52.5 Å². The molecular formula is C22H42IN5O2S. The molecule has 1 fully saturated rings. The van der Waals surface area contributed by atoms with Gasteiger partial charge in [0.15, 0.2) is 5.96 Å². The molecule has 1 aromatic heterocycles. The fourth-order valence-corrected chi connectivity index (χ4v) is 4.17. The minimum atomic E-state index is 0. The van der Waals surface area contributed by atoms with Crippen LogP contribution in [0.2, 0.25) is 0 Å². The molecule has 1 aliphatic heterocycles. The Morgan fingerprint density at radius 3 is 2.55 bits per heavy atom. The average molecular weight is 568 g/mol. The SMILES string of the molecule is CCCCOCCOCCNC(=NC)NCC1CCN(Cc2csc(CC)n2)CC1.I. The molecule has 2 rings (SSSR count). The summed E-state index contributed by atoms with van der Waals surface area (Å²) in [6.07, 6.45) is 5.76. The highest BCUT2D eigenvalue weighted by atomic mass is 127. The smallest absolute Gasteiger partial charge is 0.191 e. The Kier molecular flexibility index (Phi) is 16.6. The monoisotopic (exact) mass is 567 g/mol. The molecule has 0 atom stereocenters. The zero-order valence-electron chi connectivity index (χ0n) is 19.5. The molecule has 9 heteroatoms. The number of piperidine rings is 1. The van der Waals surface area contributed by atoms with Gasteiger partial charge in [-0.1, -0.05) is 20.3 Å². The van der Waals surface area contributed by atoms with Crippen molar-refractivity contribution in [1.82, 2.24) is 20.5 Å². The number of thiazole rings is 1. The lowest BCUT2D eigenvalue weighted by molar-refractivity contribution is 0.0487. The third-order valence-electron chi connectivity index (χ3n) is 5.33. The maximum atomic E-state index is 5.59. The van der Waals surface area contributed by atoms with E-state index in [0.717, 1.165) is 58.1 Å². The summed E-state index contributed by atoms with van der Waals surface area (Å²) >= 11 is 1.78. The van der Waals surface area contributed by atoms with E-state index >= 15 is 0 Å². The molecular weight excluding hydrogens is 525 g/mol. The van der Waals surface area contributed by atoms with Crippen molar-refractivity contribution in [2.75, 3.05) is 59.7 Å². The number of hydrogen-bond acceptors (Lipinski definition) is 6. The number of unbranched alkanes of at least 4 members (excludes halogenated alkanes) is 1. The molecule has 2 heterocycles. The van der Waals surface area contributed by atoms with E-state index in [9.17, 15) is 0 Å². The molecule has 0 aromatic carbocycles. The minimum Gasteiger partial charge on any atom is -0.379 e. The van der Waals surface area contributed by atoms with Crippen LogP contribution in [-0.4, -0.2) is 75.5 Å². The number of aryl methyl sites for hydroxylation is 1. The first-order chi connectivity index (χ1) is 14.7. The maximum Gasteiger partial charge on any atom is 0.191 e. The van der Waals surface area contributed by atoms with Gasteiger partial charge in [-0.2, -0.15) is 0 Å². The van der Waals surface area contributed by atoms with Crippen LogP contribution in [0, 0.1) is 5.92 Å². The van der Waals surface area contributed by atoms with Gasteiger partial charge < -0.3 is 20.1 Å². The Bertz CT molecular complexity index is 594. The van der Waals surface area contributed by atoms with Crippen LogP contribution in [0.15, 0.2) is 10.4 Å². The average Bonchev–Trinajstić information content (AvgIpc) is 3.23. The van der Waals surface area contributed by atoms with Crippen LogP contribution in [0.25, 0.3) is 0 Å². The first-order valence-electron chi connectivity index (χ1n) is 11.5. The van der Waals surface area contributed by atoms with Crippen LogP contribution in [0.1, 0.15) is 50.2 Å². The first-order valence-corrected chi connectivity index (χ1v) is 12.4. The van der Waals surface area contributed by atoms with Crippen LogP contribution in [0.5, 0.6) is 0 Å². The van der Waals surface area contributed by atoms with Crippen molar-refractivity contribution in [2.24, 2.45) is 10.9 Å². The molecule has 0 amide bonds. The van der Waals surface area contributed by atoms with Crippen LogP contribution in [0.4, 0.5) is 0 Å². The van der Waals surface area contributed by atoms with Gasteiger partial charge in [0.05, 0.1) is 30.5 Å². The van der Waals surface area contributed by atoms with Crippen molar-refractivity contribution in [3.05, 3.63) is 16.1 Å². The van der Waals surface area contributed by atoms with Crippen LogP contribution in [0.3, 0.4) is 0 Å². The molecule has 2 N–H and O–H groups in total. The Morgan fingerprint density at radius 1 is 1.16 bits per heavy atom. The van der Waals surface area contributed by atoms with Gasteiger partial charge >= 0.3 is 0 Å². The number of nitrogens with zero attached hydrogens (tertiary/aromatic N) is 3. The molecule has 0 bridgehead atoms. The molecule has 31 heavy (non-hydrogen) atoms. The van der Waals surface area contributed by atoms with Gasteiger partial charge in [0.1, 0.15) is 0 Å². The van der Waals surface area contributed by atoms with Crippen molar-refractivity contribution in [1.29, 1.82) is 0 Å². The first kappa shape index (κ1) is 28.5. The van der Waals surface area contributed by atoms with Gasteiger partial charge in [-0.15, -0.1) is 35.3 Å². The van der Waals surface area contributed by atoms with E-state index < -0.39 is 0 Å². The maximum absolute atomic E-state index is 5.59. The summed E-state index contributed by atoms with van der Waals surface area (Å²) in [6, 6.07) is 0. The fourth-order valence-electron chi connectivity index (χ4n) is 3.43. The minimum absolute atomic E-state index is 0. The highest BCUT2D eigenvalue weighted by Gasteiger charge is 2.20. The Morgan fingerprint density at radius 2 is 1.90 bits per heavy atom. The van der Waals surface area contributed by atoms with Crippen LogP contribution >= 0.6 is 35.3 Å². The third-order valence-corrected chi connectivity index (χ3v) is 6.37. The second-order valence-corrected chi connectivity index (χ2v) is 8.71. The number of halogens is 1. The van der Waals surface area contributed by atoms with Crippen molar-refractivity contribution >= 4 is 41.3 Å². The van der Waals surface area contributed by atoms with Gasteiger partial charge in [-0.25, -0.2) is 4.98 Å². The van der Waals surface area contributed by atoms with Crippen molar-refractivity contribution in [3.63, 3.8) is 0 Å². The zero-order chi connectivity index (χ0) is 21.4. The zero-order valence-corrected chi connectivity index (χ0v) is 22.7. The molecule has 1 aromatic rings. The topological polar surface area (TPSA) is 71.0 Å². The van der Waals surface area contributed by atoms with Crippen LogP contribution in [-0.2, 0) is 22.4 Å².